The molecule has 2 aliphatic heterocycles. The third-order valence-corrected chi connectivity index (χ3v) is 4.77. The lowest BCUT2D eigenvalue weighted by atomic mass is 9.96. The number of anilines is 1. The van der Waals surface area contributed by atoms with Crippen LogP contribution < -0.4 is 20.1 Å². The van der Waals surface area contributed by atoms with Gasteiger partial charge in [0.25, 0.3) is 0 Å². The Morgan fingerprint density at radius 1 is 1.16 bits per heavy atom. The molecular weight excluding hydrogens is 322 g/mol. The van der Waals surface area contributed by atoms with Crippen LogP contribution in [0.4, 0.5) is 5.69 Å². The fraction of sp³-hybridized carbons (Fsp3) is 0.556. The van der Waals surface area contributed by atoms with Crippen LogP contribution >= 0.6 is 0 Å². The first kappa shape index (κ1) is 17.5. The van der Waals surface area contributed by atoms with E-state index in [1.54, 1.807) is 18.2 Å². The number of piperidine rings is 1. The van der Waals surface area contributed by atoms with Crippen LogP contribution in [0.1, 0.15) is 26.7 Å². The van der Waals surface area contributed by atoms with Crippen molar-refractivity contribution in [2.45, 2.75) is 32.7 Å². The number of nitrogens with zero attached hydrogens (tertiary/aromatic N) is 1. The molecule has 1 aromatic carbocycles. The van der Waals surface area contributed by atoms with Crippen molar-refractivity contribution in [2.75, 3.05) is 31.7 Å². The first-order valence-corrected chi connectivity index (χ1v) is 8.76. The van der Waals surface area contributed by atoms with Gasteiger partial charge in [0.05, 0.1) is 0 Å². The molecule has 1 saturated heterocycles. The Balaban J connectivity index is 1.43. The Kier molecular flexibility index (Phi) is 5.43. The highest BCUT2D eigenvalue weighted by Gasteiger charge is 2.23. The van der Waals surface area contributed by atoms with Crippen molar-refractivity contribution >= 4 is 17.5 Å². The molecular formula is C18H25N3O4. The Labute approximate surface area is 147 Å². The molecule has 1 fully saturated rings. The summed E-state index contributed by atoms with van der Waals surface area (Å²) in [5.41, 5.74) is 0.509. The van der Waals surface area contributed by atoms with E-state index in [1.165, 1.54) is 0 Å². The Bertz CT molecular complexity index is 639. The van der Waals surface area contributed by atoms with Crippen molar-refractivity contribution in [1.29, 1.82) is 0 Å². The number of nitrogens with one attached hydrogen (secondary N) is 2. The fourth-order valence-electron chi connectivity index (χ4n) is 3.15. The van der Waals surface area contributed by atoms with Gasteiger partial charge in [0.2, 0.25) is 6.79 Å². The number of rotatable bonds is 4. The van der Waals surface area contributed by atoms with Crippen molar-refractivity contribution in [3.63, 3.8) is 0 Å². The summed E-state index contributed by atoms with van der Waals surface area (Å²) in [5, 5.41) is 5.33. The van der Waals surface area contributed by atoms with E-state index in [1.807, 2.05) is 0 Å². The van der Waals surface area contributed by atoms with Gasteiger partial charge in [-0.25, -0.2) is 0 Å². The van der Waals surface area contributed by atoms with Crippen molar-refractivity contribution in [2.24, 2.45) is 5.92 Å². The molecule has 25 heavy (non-hydrogen) atoms. The maximum absolute atomic E-state index is 12.0. The van der Waals surface area contributed by atoms with Gasteiger partial charge in [-0.2, -0.15) is 0 Å². The van der Waals surface area contributed by atoms with Crippen molar-refractivity contribution in [3.05, 3.63) is 18.2 Å². The second kappa shape index (κ2) is 7.74. The number of carbonyl (C=O) groups is 2. The monoisotopic (exact) mass is 347 g/mol. The number of carbonyl (C=O) groups excluding carboxylic acids is 2. The zero-order valence-corrected chi connectivity index (χ0v) is 14.7. The van der Waals surface area contributed by atoms with Gasteiger partial charge in [0.15, 0.2) is 11.5 Å². The number of hydrogen-bond donors (Lipinski definition) is 2. The SMILES string of the molecule is CC(C)N1CCC(CNC(=O)C(=O)Nc2ccc3c(c2)OCO3)CC1. The smallest absolute Gasteiger partial charge is 0.313 e. The lowest BCUT2D eigenvalue weighted by Crippen LogP contribution is -2.43. The second-order valence-electron chi connectivity index (χ2n) is 6.81. The molecule has 0 saturated carbocycles. The highest BCUT2D eigenvalue weighted by molar-refractivity contribution is 6.39. The number of hydrogen-bond acceptors (Lipinski definition) is 5. The third kappa shape index (κ3) is 4.42. The molecule has 0 unspecified atom stereocenters. The molecule has 2 amide bonds. The van der Waals surface area contributed by atoms with Crippen LogP contribution in [-0.2, 0) is 9.59 Å². The molecule has 2 heterocycles. The minimum Gasteiger partial charge on any atom is -0.454 e. The molecule has 2 N–H and O–H groups in total. The molecule has 136 valence electrons. The van der Waals surface area contributed by atoms with E-state index in [2.05, 4.69) is 29.4 Å². The van der Waals surface area contributed by atoms with Gasteiger partial charge in [-0.15, -0.1) is 0 Å². The summed E-state index contributed by atoms with van der Waals surface area (Å²) in [6, 6.07) is 5.59. The molecule has 2 aliphatic rings. The zero-order valence-electron chi connectivity index (χ0n) is 14.7. The van der Waals surface area contributed by atoms with Gasteiger partial charge in [-0.1, -0.05) is 0 Å². The molecule has 1 aromatic rings. The third-order valence-electron chi connectivity index (χ3n) is 4.77. The molecule has 0 aliphatic carbocycles. The van der Waals surface area contributed by atoms with E-state index >= 15 is 0 Å². The van der Waals surface area contributed by atoms with E-state index in [0.717, 1.165) is 25.9 Å². The molecule has 7 nitrogen and oxygen atoms in total. The lowest BCUT2D eigenvalue weighted by Gasteiger charge is -2.34. The molecule has 0 spiro atoms. The topological polar surface area (TPSA) is 79.9 Å². The number of fused-ring (bicyclic) bond motifs is 1. The van der Waals surface area contributed by atoms with E-state index in [-0.39, 0.29) is 6.79 Å². The van der Waals surface area contributed by atoms with Crippen LogP contribution in [0.2, 0.25) is 0 Å². The Morgan fingerprint density at radius 3 is 2.60 bits per heavy atom. The highest BCUT2D eigenvalue weighted by Crippen LogP contribution is 2.34. The summed E-state index contributed by atoms with van der Waals surface area (Å²) in [7, 11) is 0. The number of amides is 2. The van der Waals surface area contributed by atoms with Gasteiger partial charge >= 0.3 is 11.8 Å². The summed E-state index contributed by atoms with van der Waals surface area (Å²) in [4.78, 5) is 26.5. The zero-order chi connectivity index (χ0) is 17.8. The molecule has 7 heteroatoms. The van der Waals surface area contributed by atoms with Crippen molar-refractivity contribution in [3.8, 4) is 11.5 Å². The number of likely N-dealkylation sites (tertiary alicyclic amines) is 1. The van der Waals surface area contributed by atoms with E-state index in [4.69, 9.17) is 9.47 Å². The van der Waals surface area contributed by atoms with Crippen molar-refractivity contribution in [1.82, 2.24) is 10.2 Å². The highest BCUT2D eigenvalue weighted by atomic mass is 16.7. The minimum absolute atomic E-state index is 0.169. The van der Waals surface area contributed by atoms with Crippen LogP contribution in [-0.4, -0.2) is 49.2 Å². The van der Waals surface area contributed by atoms with Gasteiger partial charge in [0, 0.05) is 24.3 Å². The van der Waals surface area contributed by atoms with Crippen LogP contribution in [0.25, 0.3) is 0 Å². The van der Waals surface area contributed by atoms with Gasteiger partial charge in [-0.3, -0.25) is 9.59 Å². The van der Waals surface area contributed by atoms with Crippen molar-refractivity contribution < 1.29 is 19.1 Å². The summed E-state index contributed by atoms with van der Waals surface area (Å²) in [6.07, 6.45) is 2.09. The van der Waals surface area contributed by atoms with Crippen LogP contribution in [0.5, 0.6) is 11.5 Å². The molecule has 0 radical (unpaired) electrons. The molecule has 0 aromatic heterocycles. The number of benzene rings is 1. The average Bonchev–Trinajstić information content (AvgIpc) is 3.07. The summed E-state index contributed by atoms with van der Waals surface area (Å²) in [5.74, 6) is 0.352. The standard InChI is InChI=1S/C18H25N3O4/c1-12(2)21-7-5-13(6-8-21)10-19-17(22)18(23)20-14-3-4-15-16(9-14)25-11-24-15/h3-4,9,12-13H,5-8,10-11H2,1-2H3,(H,19,22)(H,20,23). The maximum Gasteiger partial charge on any atom is 0.313 e. The van der Waals surface area contributed by atoms with Gasteiger partial charge < -0.3 is 25.0 Å². The predicted molar refractivity (Wildman–Crippen MR) is 93.6 cm³/mol. The fourth-order valence-corrected chi connectivity index (χ4v) is 3.15. The largest absolute Gasteiger partial charge is 0.454 e. The number of ether oxygens (including phenoxy) is 2. The van der Waals surface area contributed by atoms with E-state index < -0.39 is 11.8 Å². The molecule has 0 atom stereocenters. The first-order chi connectivity index (χ1) is 12.0. The summed E-state index contributed by atoms with van der Waals surface area (Å²) in [6.45, 7) is 7.19. The van der Waals surface area contributed by atoms with Crippen LogP contribution in [0.15, 0.2) is 18.2 Å². The summed E-state index contributed by atoms with van der Waals surface area (Å²) >= 11 is 0. The van der Waals surface area contributed by atoms with E-state index in [9.17, 15) is 9.59 Å². The van der Waals surface area contributed by atoms with Gasteiger partial charge in [-0.05, 0) is 57.8 Å². The first-order valence-electron chi connectivity index (χ1n) is 8.76. The van der Waals surface area contributed by atoms with Gasteiger partial charge in [0.1, 0.15) is 0 Å². The quantitative estimate of drug-likeness (QED) is 0.809. The van der Waals surface area contributed by atoms with Crippen LogP contribution in [0, 0.1) is 5.92 Å². The minimum atomic E-state index is -0.668. The predicted octanol–water partition coefficient (Wildman–Crippen LogP) is 1.59. The second-order valence-corrected chi connectivity index (χ2v) is 6.81. The van der Waals surface area contributed by atoms with E-state index in [0.29, 0.717) is 35.7 Å². The molecule has 0 bridgehead atoms. The average molecular weight is 347 g/mol. The Morgan fingerprint density at radius 2 is 1.88 bits per heavy atom. The van der Waals surface area contributed by atoms with Crippen LogP contribution in [0.3, 0.4) is 0 Å². The molecule has 3 rings (SSSR count). The lowest BCUT2D eigenvalue weighted by molar-refractivity contribution is -0.136. The normalized spacial score (nSPS) is 17.6. The maximum atomic E-state index is 12.0. The summed E-state index contributed by atoms with van der Waals surface area (Å²) < 4.78 is 10.5. The Hall–Kier alpha value is -2.28.